The lowest BCUT2D eigenvalue weighted by Gasteiger charge is -2.22. The largest absolute Gasteiger partial charge is 0.398 e. The Hall–Kier alpha value is -0.940. The molecular weight excluding hydrogens is 222 g/mol. The van der Waals surface area contributed by atoms with Gasteiger partial charge in [0.05, 0.1) is 5.60 Å². The third-order valence-electron chi connectivity index (χ3n) is 2.25. The van der Waals surface area contributed by atoms with Gasteiger partial charge in [-0.25, -0.2) is 4.98 Å². The van der Waals surface area contributed by atoms with E-state index < -0.39 is 5.60 Å². The molecule has 0 radical (unpaired) electrons. The van der Waals surface area contributed by atoms with E-state index in [0.29, 0.717) is 23.8 Å². The summed E-state index contributed by atoms with van der Waals surface area (Å²) >= 11 is 1.61. The highest BCUT2D eigenvalue weighted by atomic mass is 32.2. The van der Waals surface area contributed by atoms with Crippen molar-refractivity contribution in [2.45, 2.75) is 19.4 Å². The van der Waals surface area contributed by atoms with Crippen molar-refractivity contribution in [3.8, 4) is 0 Å². The summed E-state index contributed by atoms with van der Waals surface area (Å²) in [6.07, 6.45) is 3.69. The maximum Gasteiger partial charge on any atom is 0.128 e. The van der Waals surface area contributed by atoms with E-state index >= 15 is 0 Å². The maximum atomic E-state index is 9.96. The SMILES string of the molecule is CSCC(C)(O)CNc1cc(N)c(C)cn1. The zero-order valence-electron chi connectivity index (χ0n) is 9.95. The van der Waals surface area contributed by atoms with Gasteiger partial charge >= 0.3 is 0 Å². The standard InChI is InChI=1S/C11H19N3OS/c1-8-5-13-10(4-9(8)12)14-6-11(2,15)7-16-3/h4-5,15H,6-7H2,1-3H3,(H3,12,13,14). The van der Waals surface area contributed by atoms with Crippen molar-refractivity contribution in [3.63, 3.8) is 0 Å². The first-order chi connectivity index (χ1) is 7.44. The van der Waals surface area contributed by atoms with Gasteiger partial charge in [-0.15, -0.1) is 0 Å². The van der Waals surface area contributed by atoms with Crippen LogP contribution in [-0.2, 0) is 0 Å². The first kappa shape index (κ1) is 13.1. The summed E-state index contributed by atoms with van der Waals surface area (Å²) in [7, 11) is 0. The first-order valence-corrected chi connectivity index (χ1v) is 6.51. The van der Waals surface area contributed by atoms with Crippen LogP contribution in [0.15, 0.2) is 12.3 Å². The Morgan fingerprint density at radius 3 is 2.88 bits per heavy atom. The Morgan fingerprint density at radius 1 is 1.62 bits per heavy atom. The van der Waals surface area contributed by atoms with Gasteiger partial charge in [-0.1, -0.05) is 0 Å². The second-order valence-corrected chi connectivity index (χ2v) is 5.08. The molecule has 90 valence electrons. The minimum Gasteiger partial charge on any atom is -0.398 e. The van der Waals surface area contributed by atoms with Crippen LogP contribution in [0.1, 0.15) is 12.5 Å². The van der Waals surface area contributed by atoms with E-state index in [1.165, 1.54) is 0 Å². The van der Waals surface area contributed by atoms with Crippen molar-refractivity contribution < 1.29 is 5.11 Å². The molecule has 0 spiro atoms. The van der Waals surface area contributed by atoms with Crippen molar-refractivity contribution in [2.75, 3.05) is 29.6 Å². The number of nitrogen functional groups attached to an aromatic ring is 1. The molecule has 1 atom stereocenters. The van der Waals surface area contributed by atoms with Crippen molar-refractivity contribution in [2.24, 2.45) is 0 Å². The summed E-state index contributed by atoms with van der Waals surface area (Å²) in [5, 5.41) is 13.0. The van der Waals surface area contributed by atoms with E-state index in [4.69, 9.17) is 5.73 Å². The number of pyridine rings is 1. The molecule has 1 aromatic heterocycles. The number of nitrogens with two attached hydrogens (primary N) is 1. The summed E-state index contributed by atoms with van der Waals surface area (Å²) in [6.45, 7) is 4.17. The molecule has 0 saturated heterocycles. The highest BCUT2D eigenvalue weighted by Crippen LogP contribution is 2.16. The number of thioether (sulfide) groups is 1. The van der Waals surface area contributed by atoms with Crippen LogP contribution in [0.2, 0.25) is 0 Å². The molecule has 0 aliphatic carbocycles. The summed E-state index contributed by atoms with van der Waals surface area (Å²) in [5.74, 6) is 1.38. The quantitative estimate of drug-likeness (QED) is 0.728. The van der Waals surface area contributed by atoms with Crippen LogP contribution >= 0.6 is 11.8 Å². The molecule has 1 unspecified atom stereocenters. The Morgan fingerprint density at radius 2 is 2.31 bits per heavy atom. The molecule has 16 heavy (non-hydrogen) atoms. The number of nitrogens with one attached hydrogen (secondary N) is 1. The van der Waals surface area contributed by atoms with Gasteiger partial charge in [-0.05, 0) is 25.7 Å². The number of aryl methyl sites for hydroxylation is 1. The highest BCUT2D eigenvalue weighted by Gasteiger charge is 2.19. The minimum absolute atomic E-state index is 0.462. The topological polar surface area (TPSA) is 71.2 Å². The van der Waals surface area contributed by atoms with E-state index in [2.05, 4.69) is 10.3 Å². The molecule has 4 nitrogen and oxygen atoms in total. The smallest absolute Gasteiger partial charge is 0.128 e. The van der Waals surface area contributed by atoms with Crippen molar-refractivity contribution in [3.05, 3.63) is 17.8 Å². The number of hydrogen-bond acceptors (Lipinski definition) is 5. The third-order valence-corrected chi connectivity index (χ3v) is 3.16. The average Bonchev–Trinajstić information content (AvgIpc) is 2.20. The average molecular weight is 241 g/mol. The molecule has 0 aliphatic heterocycles. The van der Waals surface area contributed by atoms with Crippen molar-refractivity contribution in [1.82, 2.24) is 4.98 Å². The molecule has 0 aliphatic rings. The van der Waals surface area contributed by atoms with Crippen LogP contribution in [0.4, 0.5) is 11.5 Å². The van der Waals surface area contributed by atoms with Gasteiger partial charge in [0.2, 0.25) is 0 Å². The van der Waals surface area contributed by atoms with Crippen LogP contribution in [0.3, 0.4) is 0 Å². The van der Waals surface area contributed by atoms with Gasteiger partial charge in [0.25, 0.3) is 0 Å². The van der Waals surface area contributed by atoms with Crippen LogP contribution in [0, 0.1) is 6.92 Å². The summed E-state index contributed by atoms with van der Waals surface area (Å²) in [4.78, 5) is 4.19. The van der Waals surface area contributed by atoms with Gasteiger partial charge in [0, 0.05) is 30.2 Å². The van der Waals surface area contributed by atoms with Crippen LogP contribution < -0.4 is 11.1 Å². The predicted molar refractivity (Wildman–Crippen MR) is 70.9 cm³/mol. The third kappa shape index (κ3) is 3.90. The number of aliphatic hydroxyl groups is 1. The summed E-state index contributed by atoms with van der Waals surface area (Å²) in [5.41, 5.74) is 6.71. The number of nitrogens with zero attached hydrogens (tertiary/aromatic N) is 1. The van der Waals surface area contributed by atoms with Crippen molar-refractivity contribution in [1.29, 1.82) is 0 Å². The number of rotatable bonds is 5. The monoisotopic (exact) mass is 241 g/mol. The van der Waals surface area contributed by atoms with Gasteiger partial charge in [-0.3, -0.25) is 0 Å². The second kappa shape index (κ2) is 5.41. The molecule has 1 rings (SSSR count). The lowest BCUT2D eigenvalue weighted by atomic mass is 10.1. The van der Waals surface area contributed by atoms with E-state index in [1.54, 1.807) is 30.9 Å². The fourth-order valence-corrected chi connectivity index (χ4v) is 2.00. The molecule has 0 aromatic carbocycles. The Balaban J connectivity index is 2.57. The van der Waals surface area contributed by atoms with Crippen LogP contribution in [-0.4, -0.2) is 34.2 Å². The molecule has 0 bridgehead atoms. The Labute approximate surface area is 101 Å². The van der Waals surface area contributed by atoms with Crippen molar-refractivity contribution >= 4 is 23.3 Å². The van der Waals surface area contributed by atoms with Crippen LogP contribution in [0.5, 0.6) is 0 Å². The summed E-state index contributed by atoms with van der Waals surface area (Å²) < 4.78 is 0. The molecule has 1 heterocycles. The molecule has 1 aromatic rings. The lowest BCUT2D eigenvalue weighted by molar-refractivity contribution is 0.0996. The summed E-state index contributed by atoms with van der Waals surface area (Å²) in [6, 6.07) is 1.78. The predicted octanol–water partition coefficient (Wildman–Crippen LogP) is 1.50. The zero-order chi connectivity index (χ0) is 12.2. The van der Waals surface area contributed by atoms with Gasteiger partial charge in [0.1, 0.15) is 5.82 Å². The fraction of sp³-hybridized carbons (Fsp3) is 0.545. The van der Waals surface area contributed by atoms with E-state index in [9.17, 15) is 5.11 Å². The van der Waals surface area contributed by atoms with Gasteiger partial charge in [0.15, 0.2) is 0 Å². The Bertz CT molecular complexity index is 355. The maximum absolute atomic E-state index is 9.96. The number of hydrogen-bond donors (Lipinski definition) is 3. The molecule has 0 amide bonds. The zero-order valence-corrected chi connectivity index (χ0v) is 10.8. The van der Waals surface area contributed by atoms with Crippen LogP contribution in [0.25, 0.3) is 0 Å². The molecule has 0 fully saturated rings. The molecule has 4 N–H and O–H groups in total. The van der Waals surface area contributed by atoms with Gasteiger partial charge in [-0.2, -0.15) is 11.8 Å². The Kier molecular flexibility index (Phi) is 4.44. The normalized spacial score (nSPS) is 14.5. The fourth-order valence-electron chi connectivity index (χ4n) is 1.28. The number of aromatic nitrogens is 1. The lowest BCUT2D eigenvalue weighted by Crippen LogP contribution is -2.36. The minimum atomic E-state index is -0.735. The number of anilines is 2. The molecule has 0 saturated carbocycles. The van der Waals surface area contributed by atoms with E-state index in [1.807, 2.05) is 13.2 Å². The first-order valence-electron chi connectivity index (χ1n) is 5.12. The highest BCUT2D eigenvalue weighted by molar-refractivity contribution is 7.98. The molecule has 5 heteroatoms. The van der Waals surface area contributed by atoms with E-state index in [0.717, 1.165) is 5.56 Å². The van der Waals surface area contributed by atoms with E-state index in [-0.39, 0.29) is 0 Å². The molecular formula is C11H19N3OS. The van der Waals surface area contributed by atoms with Gasteiger partial charge < -0.3 is 16.2 Å². The second-order valence-electron chi connectivity index (χ2n) is 4.21.